The second kappa shape index (κ2) is 6.42. The predicted octanol–water partition coefficient (Wildman–Crippen LogP) is 3.41. The fourth-order valence-corrected chi connectivity index (χ4v) is 2.56. The molecule has 0 heterocycles. The first-order valence-corrected chi connectivity index (χ1v) is 7.28. The fraction of sp³-hybridized carbons (Fsp3) is 0.750. The molecule has 0 radical (unpaired) electrons. The summed E-state index contributed by atoms with van der Waals surface area (Å²) in [5, 5.41) is 9.33. The summed E-state index contributed by atoms with van der Waals surface area (Å²) >= 11 is 0. The van der Waals surface area contributed by atoms with Crippen molar-refractivity contribution in [3.05, 3.63) is 12.2 Å². The monoisotopic (exact) mass is 282 g/mol. The van der Waals surface area contributed by atoms with E-state index in [1.807, 2.05) is 27.7 Å². The summed E-state index contributed by atoms with van der Waals surface area (Å²) in [5.41, 5.74) is 0.389. The van der Waals surface area contributed by atoms with Gasteiger partial charge in [-0.05, 0) is 52.4 Å². The highest BCUT2D eigenvalue weighted by Gasteiger charge is 2.38. The zero-order valence-corrected chi connectivity index (χ0v) is 12.9. The molecule has 4 heteroatoms. The quantitative estimate of drug-likeness (QED) is 0.620. The molecule has 0 bridgehead atoms. The molecule has 1 fully saturated rings. The van der Waals surface area contributed by atoms with Crippen molar-refractivity contribution in [2.75, 3.05) is 0 Å². The molecule has 4 nitrogen and oxygen atoms in total. The van der Waals surface area contributed by atoms with Crippen LogP contribution >= 0.6 is 0 Å². The largest absolute Gasteiger partial charge is 0.481 e. The highest BCUT2D eigenvalue weighted by atomic mass is 16.5. The van der Waals surface area contributed by atoms with Crippen molar-refractivity contribution in [1.82, 2.24) is 0 Å². The zero-order valence-electron chi connectivity index (χ0n) is 12.9. The second-order valence-corrected chi connectivity index (χ2v) is 6.48. The van der Waals surface area contributed by atoms with E-state index in [0.717, 1.165) is 12.0 Å². The van der Waals surface area contributed by atoms with Crippen LogP contribution in [0.15, 0.2) is 12.2 Å². The lowest BCUT2D eigenvalue weighted by Gasteiger charge is -2.35. The molecule has 1 aliphatic rings. The molecule has 0 aliphatic heterocycles. The molecule has 0 spiro atoms. The minimum atomic E-state index is -0.825. The maximum absolute atomic E-state index is 12.1. The molecule has 20 heavy (non-hydrogen) atoms. The Morgan fingerprint density at radius 2 is 1.90 bits per heavy atom. The summed E-state index contributed by atoms with van der Waals surface area (Å²) in [6.45, 7) is 11.4. The van der Waals surface area contributed by atoms with E-state index in [-0.39, 0.29) is 18.0 Å². The van der Waals surface area contributed by atoms with Crippen molar-refractivity contribution in [2.45, 2.75) is 59.5 Å². The number of esters is 1. The molecule has 3 unspecified atom stereocenters. The number of carboxylic acid groups (broad SMARTS) is 1. The molecule has 0 aromatic carbocycles. The van der Waals surface area contributed by atoms with Crippen molar-refractivity contribution in [1.29, 1.82) is 0 Å². The van der Waals surface area contributed by atoms with Crippen LogP contribution in [-0.4, -0.2) is 23.1 Å². The van der Waals surface area contributed by atoms with Gasteiger partial charge in [0.25, 0.3) is 0 Å². The molecule has 1 N–H and O–H groups in total. The van der Waals surface area contributed by atoms with E-state index in [1.165, 1.54) is 0 Å². The molecule has 114 valence electrons. The number of carbonyl (C=O) groups excluding carboxylic acids is 1. The lowest BCUT2D eigenvalue weighted by molar-refractivity contribution is -0.165. The second-order valence-electron chi connectivity index (χ2n) is 6.48. The third kappa shape index (κ3) is 3.84. The van der Waals surface area contributed by atoms with Gasteiger partial charge in [0, 0.05) is 0 Å². The van der Waals surface area contributed by atoms with E-state index in [4.69, 9.17) is 4.74 Å². The summed E-state index contributed by atoms with van der Waals surface area (Å²) in [6, 6.07) is 0. The van der Waals surface area contributed by atoms with Crippen LogP contribution in [0.25, 0.3) is 0 Å². The van der Waals surface area contributed by atoms with Crippen molar-refractivity contribution in [3.8, 4) is 0 Å². The van der Waals surface area contributed by atoms with Crippen LogP contribution in [0.5, 0.6) is 0 Å². The molecule has 0 aromatic heterocycles. The highest BCUT2D eigenvalue weighted by Crippen LogP contribution is 2.37. The third-order valence-electron chi connectivity index (χ3n) is 4.46. The fourth-order valence-electron chi connectivity index (χ4n) is 2.56. The first kappa shape index (κ1) is 16.7. The SMILES string of the molecule is C=C(C)C1CCC(OC(=O)C(C)(C)CC)CC1C(=O)O. The van der Waals surface area contributed by atoms with Gasteiger partial charge in [0.2, 0.25) is 0 Å². The maximum Gasteiger partial charge on any atom is 0.311 e. The van der Waals surface area contributed by atoms with Gasteiger partial charge in [0.1, 0.15) is 6.10 Å². The average molecular weight is 282 g/mol. The first-order valence-electron chi connectivity index (χ1n) is 7.28. The number of allylic oxidation sites excluding steroid dienone is 1. The predicted molar refractivity (Wildman–Crippen MR) is 77.2 cm³/mol. The minimum absolute atomic E-state index is 0.0124. The van der Waals surface area contributed by atoms with Gasteiger partial charge in [0.15, 0.2) is 0 Å². The lowest BCUT2D eigenvalue weighted by Crippen LogP contribution is -2.38. The van der Waals surface area contributed by atoms with E-state index in [1.54, 1.807) is 0 Å². The van der Waals surface area contributed by atoms with Gasteiger partial charge in [-0.2, -0.15) is 0 Å². The smallest absolute Gasteiger partial charge is 0.311 e. The molecule has 1 rings (SSSR count). The van der Waals surface area contributed by atoms with Crippen molar-refractivity contribution in [3.63, 3.8) is 0 Å². The van der Waals surface area contributed by atoms with E-state index >= 15 is 0 Å². The third-order valence-corrected chi connectivity index (χ3v) is 4.46. The number of hydrogen-bond donors (Lipinski definition) is 1. The van der Waals surface area contributed by atoms with Gasteiger partial charge in [-0.1, -0.05) is 19.1 Å². The van der Waals surface area contributed by atoms with Crippen LogP contribution in [0.4, 0.5) is 0 Å². The number of rotatable bonds is 5. The Morgan fingerprint density at radius 1 is 1.30 bits per heavy atom. The van der Waals surface area contributed by atoms with Crippen LogP contribution in [0.2, 0.25) is 0 Å². The van der Waals surface area contributed by atoms with Crippen LogP contribution in [0, 0.1) is 17.3 Å². The Bertz CT molecular complexity index is 397. The molecular weight excluding hydrogens is 256 g/mol. The van der Waals surface area contributed by atoms with Crippen molar-refractivity contribution < 1.29 is 19.4 Å². The van der Waals surface area contributed by atoms with E-state index < -0.39 is 17.3 Å². The van der Waals surface area contributed by atoms with Crippen LogP contribution < -0.4 is 0 Å². The number of hydrogen-bond acceptors (Lipinski definition) is 3. The first-order chi connectivity index (χ1) is 9.19. The van der Waals surface area contributed by atoms with E-state index in [9.17, 15) is 14.7 Å². The van der Waals surface area contributed by atoms with Crippen molar-refractivity contribution in [2.24, 2.45) is 17.3 Å². The Hall–Kier alpha value is -1.32. The molecular formula is C16H26O4. The Labute approximate surface area is 121 Å². The lowest BCUT2D eigenvalue weighted by atomic mass is 9.74. The van der Waals surface area contributed by atoms with Gasteiger partial charge >= 0.3 is 11.9 Å². The normalized spacial score (nSPS) is 26.9. The average Bonchev–Trinajstić information content (AvgIpc) is 2.38. The van der Waals surface area contributed by atoms with E-state index in [0.29, 0.717) is 19.3 Å². The molecule has 0 amide bonds. The summed E-state index contributed by atoms with van der Waals surface area (Å²) in [4.78, 5) is 23.4. The van der Waals surface area contributed by atoms with Crippen LogP contribution in [-0.2, 0) is 14.3 Å². The molecule has 0 saturated heterocycles. The number of carboxylic acids is 1. The highest BCUT2D eigenvalue weighted by molar-refractivity contribution is 5.76. The van der Waals surface area contributed by atoms with Gasteiger partial charge in [-0.25, -0.2) is 0 Å². The minimum Gasteiger partial charge on any atom is -0.481 e. The molecule has 3 atom stereocenters. The summed E-state index contributed by atoms with van der Waals surface area (Å²) in [6.07, 6.45) is 2.24. The van der Waals surface area contributed by atoms with Gasteiger partial charge in [-0.15, -0.1) is 0 Å². The molecule has 0 aromatic rings. The Kier molecular flexibility index (Phi) is 5.37. The Balaban J connectivity index is 2.70. The van der Waals surface area contributed by atoms with Crippen LogP contribution in [0.3, 0.4) is 0 Å². The van der Waals surface area contributed by atoms with Gasteiger partial charge in [-0.3, -0.25) is 9.59 Å². The summed E-state index contributed by atoms with van der Waals surface area (Å²) in [7, 11) is 0. The van der Waals surface area contributed by atoms with Gasteiger partial charge < -0.3 is 9.84 Å². The number of ether oxygens (including phenoxy) is 1. The molecule has 1 aliphatic carbocycles. The topological polar surface area (TPSA) is 63.6 Å². The molecule has 1 saturated carbocycles. The van der Waals surface area contributed by atoms with Gasteiger partial charge in [0.05, 0.1) is 11.3 Å². The number of aliphatic carboxylic acids is 1. The number of carbonyl (C=O) groups is 2. The summed E-state index contributed by atoms with van der Waals surface area (Å²) < 4.78 is 5.52. The van der Waals surface area contributed by atoms with E-state index in [2.05, 4.69) is 6.58 Å². The standard InChI is InChI=1S/C16H26O4/c1-6-16(4,5)15(19)20-11-7-8-12(10(2)3)13(9-11)14(17)18/h11-13H,2,6-9H2,1,3-5H3,(H,17,18). The van der Waals surface area contributed by atoms with Crippen LogP contribution in [0.1, 0.15) is 53.4 Å². The zero-order chi connectivity index (χ0) is 15.5. The maximum atomic E-state index is 12.1. The Morgan fingerprint density at radius 3 is 2.35 bits per heavy atom. The summed E-state index contributed by atoms with van der Waals surface area (Å²) in [5.74, 6) is -1.57. The van der Waals surface area contributed by atoms with Crippen molar-refractivity contribution >= 4 is 11.9 Å².